The molecule has 1 N–H and O–H groups in total. The molecule has 0 fully saturated rings. The summed E-state index contributed by atoms with van der Waals surface area (Å²) >= 11 is 9.24. The van der Waals surface area contributed by atoms with E-state index < -0.39 is 23.3 Å². The lowest BCUT2D eigenvalue weighted by atomic mass is 10.2. The number of aromatic nitrogens is 2. The zero-order valence-corrected chi connectivity index (χ0v) is 16.2. The number of aryl methyl sites for hydroxylation is 1. The van der Waals surface area contributed by atoms with Gasteiger partial charge in [-0.15, -0.1) is 0 Å². The van der Waals surface area contributed by atoms with Crippen LogP contribution in [0, 0.1) is 6.92 Å². The molecule has 1 amide bonds. The van der Waals surface area contributed by atoms with Crippen LogP contribution in [0.1, 0.15) is 21.6 Å². The molecule has 27 heavy (non-hydrogen) atoms. The van der Waals surface area contributed by atoms with Crippen molar-refractivity contribution >= 4 is 39.1 Å². The van der Waals surface area contributed by atoms with Crippen molar-refractivity contribution in [2.24, 2.45) is 0 Å². The Morgan fingerprint density at radius 3 is 2.44 bits per heavy atom. The molecular weight excluding hydrogens is 447 g/mol. The average molecular weight is 459 g/mol. The predicted octanol–water partition coefficient (Wildman–Crippen LogP) is 5.87. The Morgan fingerprint density at radius 1 is 1.19 bits per heavy atom. The van der Waals surface area contributed by atoms with E-state index in [1.165, 1.54) is 24.3 Å². The SMILES string of the molecule is Cc1ccc(-n2ncc(C(=O)Nc3ccc(Br)cc3Cl)c2C(F)(F)F)cc1. The van der Waals surface area contributed by atoms with Crippen molar-refractivity contribution in [2.45, 2.75) is 13.1 Å². The lowest BCUT2D eigenvalue weighted by Crippen LogP contribution is -2.20. The minimum absolute atomic E-state index is 0.192. The number of carbonyl (C=O) groups excluding carboxylic acids is 1. The highest BCUT2D eigenvalue weighted by Crippen LogP contribution is 2.34. The van der Waals surface area contributed by atoms with E-state index in [1.54, 1.807) is 18.2 Å². The standard InChI is InChI=1S/C18H12BrClF3N3O/c1-10-2-5-12(6-3-10)26-16(18(21,22)23)13(9-24-26)17(27)25-15-7-4-11(19)8-14(15)20/h2-9H,1H3,(H,25,27). The van der Waals surface area contributed by atoms with Crippen LogP contribution in [0.25, 0.3) is 5.69 Å². The van der Waals surface area contributed by atoms with Crippen LogP contribution in [0.5, 0.6) is 0 Å². The molecule has 140 valence electrons. The topological polar surface area (TPSA) is 46.9 Å². The van der Waals surface area contributed by atoms with Crippen LogP contribution in [-0.2, 0) is 6.18 Å². The summed E-state index contributed by atoms with van der Waals surface area (Å²) in [5, 5.41) is 6.36. The number of alkyl halides is 3. The summed E-state index contributed by atoms with van der Waals surface area (Å²) in [5.41, 5.74) is -0.462. The molecule has 4 nitrogen and oxygen atoms in total. The number of benzene rings is 2. The fraction of sp³-hybridized carbons (Fsp3) is 0.111. The van der Waals surface area contributed by atoms with Crippen molar-refractivity contribution in [1.82, 2.24) is 9.78 Å². The van der Waals surface area contributed by atoms with E-state index in [4.69, 9.17) is 11.6 Å². The van der Waals surface area contributed by atoms with Crippen LogP contribution in [-0.4, -0.2) is 15.7 Å². The Morgan fingerprint density at radius 2 is 1.85 bits per heavy atom. The average Bonchev–Trinajstić information content (AvgIpc) is 3.03. The highest BCUT2D eigenvalue weighted by Gasteiger charge is 2.40. The Hall–Kier alpha value is -2.32. The number of halogens is 5. The second-order valence-electron chi connectivity index (χ2n) is 5.73. The smallest absolute Gasteiger partial charge is 0.321 e. The second kappa shape index (κ2) is 7.36. The third kappa shape index (κ3) is 4.17. The minimum Gasteiger partial charge on any atom is -0.321 e. The third-order valence-electron chi connectivity index (χ3n) is 3.74. The number of anilines is 1. The van der Waals surface area contributed by atoms with Crippen LogP contribution in [0.2, 0.25) is 5.02 Å². The van der Waals surface area contributed by atoms with Crippen LogP contribution in [0.4, 0.5) is 18.9 Å². The van der Waals surface area contributed by atoms with Gasteiger partial charge in [-0.2, -0.15) is 18.3 Å². The number of rotatable bonds is 3. The number of hydrogen-bond acceptors (Lipinski definition) is 2. The fourth-order valence-electron chi connectivity index (χ4n) is 2.45. The second-order valence-corrected chi connectivity index (χ2v) is 7.05. The lowest BCUT2D eigenvalue weighted by Gasteiger charge is -2.13. The van der Waals surface area contributed by atoms with Crippen molar-refractivity contribution in [2.75, 3.05) is 5.32 Å². The van der Waals surface area contributed by atoms with Crippen molar-refractivity contribution in [3.8, 4) is 5.69 Å². The molecule has 0 radical (unpaired) electrons. The molecule has 0 bridgehead atoms. The molecule has 0 unspecified atom stereocenters. The zero-order valence-electron chi connectivity index (χ0n) is 13.8. The Balaban J connectivity index is 2.02. The predicted molar refractivity (Wildman–Crippen MR) is 100 cm³/mol. The molecule has 0 aliphatic rings. The van der Waals surface area contributed by atoms with Gasteiger partial charge >= 0.3 is 6.18 Å². The molecular formula is C18H12BrClF3N3O. The van der Waals surface area contributed by atoms with E-state index in [0.29, 0.717) is 9.15 Å². The summed E-state index contributed by atoms with van der Waals surface area (Å²) in [6, 6.07) is 11.0. The van der Waals surface area contributed by atoms with Gasteiger partial charge in [0, 0.05) is 4.47 Å². The zero-order chi connectivity index (χ0) is 19.8. The largest absolute Gasteiger partial charge is 0.434 e. The monoisotopic (exact) mass is 457 g/mol. The summed E-state index contributed by atoms with van der Waals surface area (Å²) < 4.78 is 42.4. The number of nitrogens with one attached hydrogen (secondary N) is 1. The summed E-state index contributed by atoms with van der Waals surface area (Å²) in [7, 11) is 0. The summed E-state index contributed by atoms with van der Waals surface area (Å²) in [5.74, 6) is -0.954. The first-order valence-corrected chi connectivity index (χ1v) is 8.82. The molecule has 9 heteroatoms. The maximum atomic E-state index is 13.7. The maximum Gasteiger partial charge on any atom is 0.434 e. The Labute approximate surface area is 166 Å². The van der Waals surface area contributed by atoms with Crippen LogP contribution in [0.3, 0.4) is 0 Å². The molecule has 0 aliphatic carbocycles. The molecule has 0 saturated carbocycles. The van der Waals surface area contributed by atoms with Crippen molar-refractivity contribution in [1.29, 1.82) is 0 Å². The third-order valence-corrected chi connectivity index (χ3v) is 4.55. The van der Waals surface area contributed by atoms with Gasteiger partial charge in [0.2, 0.25) is 0 Å². The molecule has 1 heterocycles. The van der Waals surface area contributed by atoms with Gasteiger partial charge in [0.1, 0.15) is 0 Å². The van der Waals surface area contributed by atoms with Crippen molar-refractivity contribution in [3.05, 3.63) is 75.0 Å². The molecule has 1 aromatic heterocycles. The summed E-state index contributed by atoms with van der Waals surface area (Å²) in [4.78, 5) is 12.5. The van der Waals surface area contributed by atoms with E-state index in [2.05, 4.69) is 26.3 Å². The van der Waals surface area contributed by atoms with Crippen molar-refractivity contribution in [3.63, 3.8) is 0 Å². The van der Waals surface area contributed by atoms with Crippen LogP contribution in [0.15, 0.2) is 53.1 Å². The first-order chi connectivity index (χ1) is 12.7. The van der Waals surface area contributed by atoms with Gasteiger partial charge in [0.15, 0.2) is 5.69 Å². The first-order valence-electron chi connectivity index (χ1n) is 7.65. The summed E-state index contributed by atoms with van der Waals surface area (Å²) in [6.07, 6.45) is -3.89. The van der Waals surface area contributed by atoms with E-state index in [9.17, 15) is 18.0 Å². The molecule has 0 aliphatic heterocycles. The molecule has 3 rings (SSSR count). The lowest BCUT2D eigenvalue weighted by molar-refractivity contribution is -0.143. The Kier molecular flexibility index (Phi) is 5.30. The highest BCUT2D eigenvalue weighted by atomic mass is 79.9. The fourth-order valence-corrected chi connectivity index (χ4v) is 3.17. The highest BCUT2D eigenvalue weighted by molar-refractivity contribution is 9.10. The van der Waals surface area contributed by atoms with Gasteiger partial charge in [-0.3, -0.25) is 4.79 Å². The number of amides is 1. The quantitative estimate of drug-likeness (QED) is 0.534. The number of nitrogens with zero attached hydrogens (tertiary/aromatic N) is 2. The van der Waals surface area contributed by atoms with Gasteiger partial charge in [0.25, 0.3) is 5.91 Å². The Bertz CT molecular complexity index is 1000. The van der Waals surface area contributed by atoms with Gasteiger partial charge < -0.3 is 5.32 Å². The van der Waals surface area contributed by atoms with Crippen LogP contribution < -0.4 is 5.32 Å². The maximum absolute atomic E-state index is 13.7. The van der Waals surface area contributed by atoms with Gasteiger partial charge in [-0.05, 0) is 37.3 Å². The van der Waals surface area contributed by atoms with Gasteiger partial charge in [0.05, 0.1) is 28.2 Å². The van der Waals surface area contributed by atoms with E-state index >= 15 is 0 Å². The minimum atomic E-state index is -4.78. The number of carbonyl (C=O) groups is 1. The normalized spacial score (nSPS) is 11.5. The molecule has 2 aromatic carbocycles. The molecule has 0 atom stereocenters. The van der Waals surface area contributed by atoms with E-state index in [-0.39, 0.29) is 16.4 Å². The van der Waals surface area contributed by atoms with Gasteiger partial charge in [-0.25, -0.2) is 4.68 Å². The van der Waals surface area contributed by atoms with Crippen LogP contribution >= 0.6 is 27.5 Å². The van der Waals surface area contributed by atoms with E-state index in [0.717, 1.165) is 11.8 Å². The number of hydrogen-bond donors (Lipinski definition) is 1. The van der Waals surface area contributed by atoms with Crippen molar-refractivity contribution < 1.29 is 18.0 Å². The molecule has 0 saturated heterocycles. The van der Waals surface area contributed by atoms with E-state index in [1.807, 2.05) is 6.92 Å². The summed E-state index contributed by atoms with van der Waals surface area (Å²) in [6.45, 7) is 1.82. The molecule has 0 spiro atoms. The van der Waals surface area contributed by atoms with Gasteiger partial charge in [-0.1, -0.05) is 45.2 Å². The first kappa shape index (κ1) is 19.4. The molecule has 3 aromatic rings.